The second kappa shape index (κ2) is 6.57. The Morgan fingerprint density at radius 1 is 1.07 bits per heavy atom. The van der Waals surface area contributed by atoms with Gasteiger partial charge in [0.2, 0.25) is 5.88 Å². The summed E-state index contributed by atoms with van der Waals surface area (Å²) in [4.78, 5) is 18.2. The van der Waals surface area contributed by atoms with Crippen molar-refractivity contribution < 1.29 is 22.7 Å². The van der Waals surface area contributed by atoms with Crippen LogP contribution in [0.4, 0.5) is 13.2 Å². The molecule has 0 N–H and O–H groups in total. The molecule has 1 saturated heterocycles. The van der Waals surface area contributed by atoms with Crippen LogP contribution >= 0.6 is 0 Å². The van der Waals surface area contributed by atoms with Gasteiger partial charge in [0.15, 0.2) is 0 Å². The van der Waals surface area contributed by atoms with Gasteiger partial charge in [-0.25, -0.2) is 4.98 Å². The van der Waals surface area contributed by atoms with E-state index < -0.39 is 11.7 Å². The monoisotopic (exact) mass is 372 g/mol. The minimum atomic E-state index is -4.45. The summed E-state index contributed by atoms with van der Waals surface area (Å²) in [5.74, 6) is -0.212. The van der Waals surface area contributed by atoms with Crippen molar-refractivity contribution in [3.05, 3.63) is 71.9 Å². The highest BCUT2D eigenvalue weighted by molar-refractivity contribution is 6.07. The van der Waals surface area contributed by atoms with E-state index in [4.69, 9.17) is 4.74 Å². The van der Waals surface area contributed by atoms with Crippen LogP contribution in [0.25, 0.3) is 10.8 Å². The van der Waals surface area contributed by atoms with Gasteiger partial charge >= 0.3 is 6.18 Å². The Kier molecular flexibility index (Phi) is 4.22. The largest absolute Gasteiger partial charge is 0.471 e. The zero-order valence-corrected chi connectivity index (χ0v) is 14.1. The second-order valence-electron chi connectivity index (χ2n) is 6.36. The maximum atomic E-state index is 12.7. The Balaban J connectivity index is 1.43. The van der Waals surface area contributed by atoms with Gasteiger partial charge in [-0.3, -0.25) is 4.79 Å². The number of amides is 1. The summed E-state index contributed by atoms with van der Waals surface area (Å²) < 4.78 is 43.7. The minimum Gasteiger partial charge on any atom is -0.471 e. The maximum absolute atomic E-state index is 12.7. The van der Waals surface area contributed by atoms with E-state index in [9.17, 15) is 18.0 Å². The molecule has 0 atom stereocenters. The van der Waals surface area contributed by atoms with E-state index in [0.29, 0.717) is 18.7 Å². The summed E-state index contributed by atoms with van der Waals surface area (Å²) in [5.41, 5.74) is -0.209. The highest BCUT2D eigenvalue weighted by atomic mass is 19.4. The first-order valence-corrected chi connectivity index (χ1v) is 8.39. The summed E-state index contributed by atoms with van der Waals surface area (Å²) in [6.07, 6.45) is -3.76. The molecule has 1 aliphatic rings. The van der Waals surface area contributed by atoms with E-state index >= 15 is 0 Å². The van der Waals surface area contributed by atoms with Crippen LogP contribution in [0.1, 0.15) is 15.9 Å². The number of benzene rings is 2. The normalized spacial score (nSPS) is 14.9. The fourth-order valence-corrected chi connectivity index (χ4v) is 3.08. The van der Waals surface area contributed by atoms with Crippen LogP contribution < -0.4 is 4.74 Å². The molecule has 0 saturated carbocycles. The molecule has 138 valence electrons. The van der Waals surface area contributed by atoms with E-state index in [-0.39, 0.29) is 17.9 Å². The number of hydrogen-bond acceptors (Lipinski definition) is 3. The number of fused-ring (bicyclic) bond motifs is 1. The summed E-state index contributed by atoms with van der Waals surface area (Å²) >= 11 is 0. The van der Waals surface area contributed by atoms with Crippen molar-refractivity contribution in [2.75, 3.05) is 13.1 Å². The Bertz CT molecular complexity index is 992. The van der Waals surface area contributed by atoms with Gasteiger partial charge in [-0.15, -0.1) is 0 Å². The molecule has 1 fully saturated rings. The Labute approximate surface area is 153 Å². The van der Waals surface area contributed by atoms with Gasteiger partial charge in [0.25, 0.3) is 5.91 Å². The topological polar surface area (TPSA) is 42.4 Å². The molecule has 4 nitrogen and oxygen atoms in total. The molecule has 1 aromatic heterocycles. The predicted octanol–water partition coefficient (Wildman–Crippen LogP) is 4.16. The Hall–Kier alpha value is -3.09. The van der Waals surface area contributed by atoms with Crippen molar-refractivity contribution in [1.29, 1.82) is 0 Å². The van der Waals surface area contributed by atoms with Crippen LogP contribution in [-0.4, -0.2) is 35.0 Å². The number of nitrogens with zero attached hydrogens (tertiary/aromatic N) is 2. The third-order valence-electron chi connectivity index (χ3n) is 4.50. The molecule has 3 aromatic rings. The van der Waals surface area contributed by atoms with Crippen LogP contribution in [0.5, 0.6) is 5.88 Å². The van der Waals surface area contributed by atoms with Gasteiger partial charge in [0.05, 0.1) is 18.7 Å². The number of alkyl halides is 3. The molecule has 4 rings (SSSR count). The van der Waals surface area contributed by atoms with E-state index in [1.54, 1.807) is 11.0 Å². The van der Waals surface area contributed by atoms with Gasteiger partial charge in [0, 0.05) is 17.8 Å². The number of carbonyl (C=O) groups is 1. The van der Waals surface area contributed by atoms with Crippen molar-refractivity contribution in [1.82, 2.24) is 9.88 Å². The van der Waals surface area contributed by atoms with Crippen molar-refractivity contribution in [2.45, 2.75) is 12.3 Å². The summed E-state index contributed by atoms with van der Waals surface area (Å²) in [7, 11) is 0. The molecule has 0 aliphatic carbocycles. The molecular weight excluding hydrogens is 357 g/mol. The molecule has 1 amide bonds. The smallest absolute Gasteiger partial charge is 0.416 e. The number of halogens is 3. The number of aromatic nitrogens is 1. The third-order valence-corrected chi connectivity index (χ3v) is 4.50. The van der Waals surface area contributed by atoms with Gasteiger partial charge in [0.1, 0.15) is 6.10 Å². The van der Waals surface area contributed by atoms with E-state index in [0.717, 1.165) is 29.1 Å². The Morgan fingerprint density at radius 3 is 2.59 bits per heavy atom. The average molecular weight is 372 g/mol. The minimum absolute atomic E-state index is 0.0907. The van der Waals surface area contributed by atoms with Crippen LogP contribution in [0.3, 0.4) is 0 Å². The number of rotatable bonds is 3. The molecule has 0 spiro atoms. The molecule has 0 radical (unpaired) electrons. The molecule has 27 heavy (non-hydrogen) atoms. The molecule has 2 aromatic carbocycles. The average Bonchev–Trinajstić information content (AvgIpc) is 2.63. The summed E-state index contributed by atoms with van der Waals surface area (Å²) in [5, 5.41) is 1.85. The number of carbonyl (C=O) groups excluding carboxylic acids is 1. The zero-order chi connectivity index (χ0) is 19.0. The van der Waals surface area contributed by atoms with Crippen LogP contribution in [0, 0.1) is 0 Å². The predicted molar refractivity (Wildman–Crippen MR) is 93.5 cm³/mol. The fourth-order valence-electron chi connectivity index (χ4n) is 3.08. The number of pyridine rings is 1. The standard InChI is InChI=1S/C20H15F3N2O2/c21-20(22,23)14-8-9-24-18(10-14)27-15-11-25(12-15)19(26)17-7-3-5-13-4-1-2-6-16(13)17/h1-10,15H,11-12H2. The quantitative estimate of drug-likeness (QED) is 0.693. The first-order chi connectivity index (χ1) is 12.9. The lowest BCUT2D eigenvalue weighted by Crippen LogP contribution is -2.56. The van der Waals surface area contributed by atoms with Crippen molar-refractivity contribution in [3.8, 4) is 5.88 Å². The fraction of sp³-hybridized carbons (Fsp3) is 0.200. The van der Waals surface area contributed by atoms with Gasteiger partial charge in [-0.05, 0) is 22.9 Å². The van der Waals surface area contributed by atoms with Crippen LogP contribution in [-0.2, 0) is 6.18 Å². The van der Waals surface area contributed by atoms with E-state index in [2.05, 4.69) is 4.98 Å². The lowest BCUT2D eigenvalue weighted by Gasteiger charge is -2.38. The SMILES string of the molecule is O=C(c1cccc2ccccc12)N1CC(Oc2cc(C(F)(F)F)ccn2)C1. The number of likely N-dealkylation sites (tertiary alicyclic amines) is 1. The van der Waals surface area contributed by atoms with Crippen molar-refractivity contribution in [2.24, 2.45) is 0 Å². The molecular formula is C20H15F3N2O2. The van der Waals surface area contributed by atoms with Crippen molar-refractivity contribution >= 4 is 16.7 Å². The molecule has 0 unspecified atom stereocenters. The number of hydrogen-bond donors (Lipinski definition) is 0. The molecule has 7 heteroatoms. The zero-order valence-electron chi connectivity index (χ0n) is 14.1. The second-order valence-corrected chi connectivity index (χ2v) is 6.36. The lowest BCUT2D eigenvalue weighted by molar-refractivity contribution is -0.137. The van der Waals surface area contributed by atoms with Gasteiger partial charge in [-0.2, -0.15) is 13.2 Å². The van der Waals surface area contributed by atoms with Crippen LogP contribution in [0.15, 0.2) is 60.8 Å². The highest BCUT2D eigenvalue weighted by Gasteiger charge is 2.35. The highest BCUT2D eigenvalue weighted by Crippen LogP contribution is 2.31. The van der Waals surface area contributed by atoms with Gasteiger partial charge in [-0.1, -0.05) is 36.4 Å². The lowest BCUT2D eigenvalue weighted by atomic mass is 10.0. The van der Waals surface area contributed by atoms with Crippen molar-refractivity contribution in [3.63, 3.8) is 0 Å². The summed E-state index contributed by atoms with van der Waals surface area (Å²) in [6, 6.07) is 14.9. The Morgan fingerprint density at radius 2 is 1.81 bits per heavy atom. The van der Waals surface area contributed by atoms with E-state index in [1.165, 1.54) is 0 Å². The maximum Gasteiger partial charge on any atom is 0.416 e. The first-order valence-electron chi connectivity index (χ1n) is 8.39. The third kappa shape index (κ3) is 3.45. The van der Waals surface area contributed by atoms with E-state index in [1.807, 2.05) is 36.4 Å². The summed E-state index contributed by atoms with van der Waals surface area (Å²) in [6.45, 7) is 0.611. The molecule has 2 heterocycles. The number of ether oxygens (including phenoxy) is 1. The first kappa shape index (κ1) is 17.3. The van der Waals surface area contributed by atoms with Crippen LogP contribution in [0.2, 0.25) is 0 Å². The molecule has 0 bridgehead atoms. The molecule has 1 aliphatic heterocycles. The van der Waals surface area contributed by atoms with Gasteiger partial charge < -0.3 is 9.64 Å².